The third kappa shape index (κ3) is 3.01. The molecule has 0 saturated heterocycles. The molecule has 0 radical (unpaired) electrons. The smallest absolute Gasteiger partial charge is 0.121 e. The number of rotatable bonds is 6. The van der Waals surface area contributed by atoms with Gasteiger partial charge in [0.2, 0.25) is 0 Å². The summed E-state index contributed by atoms with van der Waals surface area (Å²) in [5.41, 5.74) is 7.24. The largest absolute Gasteiger partial charge is 0.497 e. The fourth-order valence-corrected chi connectivity index (χ4v) is 1.54. The first-order valence-corrected chi connectivity index (χ1v) is 5.13. The Morgan fingerprint density at radius 1 is 1.25 bits per heavy atom. The van der Waals surface area contributed by atoms with E-state index in [4.69, 9.17) is 20.7 Å². The number of ether oxygens (including phenoxy) is 1. The normalized spacial score (nSPS) is 10.2. The molecule has 0 saturated carbocycles. The number of aliphatic hydroxyl groups excluding tert-OH is 2. The third-order valence-electron chi connectivity index (χ3n) is 2.32. The van der Waals surface area contributed by atoms with Crippen LogP contribution in [-0.2, 0) is 0 Å². The van der Waals surface area contributed by atoms with Gasteiger partial charge in [0.05, 0.1) is 31.7 Å². The van der Waals surface area contributed by atoms with Gasteiger partial charge in [0.1, 0.15) is 5.75 Å². The van der Waals surface area contributed by atoms with Crippen LogP contribution in [0, 0.1) is 0 Å². The summed E-state index contributed by atoms with van der Waals surface area (Å²) in [6.45, 7) is 0.922. The fraction of sp³-hybridized carbons (Fsp3) is 0.455. The lowest BCUT2D eigenvalue weighted by Gasteiger charge is -2.24. The van der Waals surface area contributed by atoms with Gasteiger partial charge >= 0.3 is 0 Å². The van der Waals surface area contributed by atoms with Crippen molar-refractivity contribution in [1.82, 2.24) is 0 Å². The van der Waals surface area contributed by atoms with E-state index in [1.54, 1.807) is 19.2 Å². The summed E-state index contributed by atoms with van der Waals surface area (Å²) >= 11 is 0. The number of nitrogens with zero attached hydrogens (tertiary/aromatic N) is 1. The molecule has 16 heavy (non-hydrogen) atoms. The molecule has 0 aliphatic rings. The summed E-state index contributed by atoms with van der Waals surface area (Å²) in [5.74, 6) is 0.689. The van der Waals surface area contributed by atoms with Gasteiger partial charge in [-0.2, -0.15) is 0 Å². The molecule has 1 rings (SSSR count). The van der Waals surface area contributed by atoms with E-state index in [1.807, 2.05) is 11.0 Å². The van der Waals surface area contributed by atoms with E-state index >= 15 is 0 Å². The molecule has 90 valence electrons. The number of benzene rings is 1. The lowest BCUT2D eigenvalue weighted by molar-refractivity contribution is 0.281. The first kappa shape index (κ1) is 12.6. The predicted molar refractivity (Wildman–Crippen MR) is 63.8 cm³/mol. The molecule has 0 unspecified atom stereocenters. The minimum atomic E-state index is 0.0193. The van der Waals surface area contributed by atoms with E-state index in [0.29, 0.717) is 24.5 Å². The van der Waals surface area contributed by atoms with Crippen molar-refractivity contribution in [3.05, 3.63) is 18.2 Å². The molecule has 0 aromatic heterocycles. The summed E-state index contributed by atoms with van der Waals surface area (Å²) in [6, 6.07) is 5.34. The van der Waals surface area contributed by atoms with E-state index in [1.165, 1.54) is 0 Å². The van der Waals surface area contributed by atoms with Crippen molar-refractivity contribution in [2.75, 3.05) is 44.0 Å². The van der Waals surface area contributed by atoms with E-state index in [0.717, 1.165) is 5.69 Å². The number of anilines is 2. The van der Waals surface area contributed by atoms with Gasteiger partial charge in [0.15, 0.2) is 0 Å². The molecule has 1 aromatic carbocycles. The summed E-state index contributed by atoms with van der Waals surface area (Å²) in [7, 11) is 1.58. The molecular weight excluding hydrogens is 208 g/mol. The first-order valence-electron chi connectivity index (χ1n) is 5.13. The number of nitrogens with two attached hydrogens (primary N) is 1. The van der Waals surface area contributed by atoms with Crippen LogP contribution < -0.4 is 15.4 Å². The highest BCUT2D eigenvalue weighted by molar-refractivity contribution is 5.69. The number of methoxy groups -OCH3 is 1. The van der Waals surface area contributed by atoms with Crippen molar-refractivity contribution in [2.45, 2.75) is 0 Å². The van der Waals surface area contributed by atoms with Gasteiger partial charge in [0.25, 0.3) is 0 Å². The quantitative estimate of drug-likeness (QED) is 0.598. The highest BCUT2D eigenvalue weighted by Gasteiger charge is 2.09. The number of hydrogen-bond acceptors (Lipinski definition) is 5. The maximum absolute atomic E-state index is 8.93. The van der Waals surface area contributed by atoms with Crippen LogP contribution in [0.4, 0.5) is 11.4 Å². The minimum Gasteiger partial charge on any atom is -0.497 e. The van der Waals surface area contributed by atoms with E-state index in [-0.39, 0.29) is 13.2 Å². The number of aliphatic hydroxyl groups is 2. The Bertz CT molecular complexity index is 325. The molecule has 5 heteroatoms. The van der Waals surface area contributed by atoms with E-state index < -0.39 is 0 Å². The van der Waals surface area contributed by atoms with Crippen LogP contribution in [0.5, 0.6) is 5.75 Å². The Morgan fingerprint density at radius 2 is 1.88 bits per heavy atom. The van der Waals surface area contributed by atoms with Crippen molar-refractivity contribution in [3.8, 4) is 5.75 Å². The lowest BCUT2D eigenvalue weighted by atomic mass is 10.2. The maximum atomic E-state index is 8.93. The SMILES string of the molecule is COc1ccc(N(CCO)CCO)c(N)c1. The minimum absolute atomic E-state index is 0.0193. The summed E-state index contributed by atoms with van der Waals surface area (Å²) < 4.78 is 5.05. The highest BCUT2D eigenvalue weighted by Crippen LogP contribution is 2.27. The average Bonchev–Trinajstić information content (AvgIpc) is 2.29. The van der Waals surface area contributed by atoms with Crippen molar-refractivity contribution in [3.63, 3.8) is 0 Å². The van der Waals surface area contributed by atoms with Gasteiger partial charge in [-0.05, 0) is 12.1 Å². The van der Waals surface area contributed by atoms with Crippen LogP contribution in [0.1, 0.15) is 0 Å². The highest BCUT2D eigenvalue weighted by atomic mass is 16.5. The molecule has 4 N–H and O–H groups in total. The second-order valence-corrected chi connectivity index (χ2v) is 3.36. The zero-order valence-corrected chi connectivity index (χ0v) is 9.39. The van der Waals surface area contributed by atoms with Crippen molar-refractivity contribution in [1.29, 1.82) is 0 Å². The fourth-order valence-electron chi connectivity index (χ4n) is 1.54. The van der Waals surface area contributed by atoms with Gasteiger partial charge in [-0.15, -0.1) is 0 Å². The van der Waals surface area contributed by atoms with Crippen molar-refractivity contribution < 1.29 is 14.9 Å². The number of hydrogen-bond donors (Lipinski definition) is 3. The molecule has 0 bridgehead atoms. The third-order valence-corrected chi connectivity index (χ3v) is 2.32. The molecule has 5 nitrogen and oxygen atoms in total. The predicted octanol–water partition coefficient (Wildman–Crippen LogP) is 0.0684. The van der Waals surface area contributed by atoms with Crippen molar-refractivity contribution in [2.24, 2.45) is 0 Å². The number of nitrogen functional groups attached to an aromatic ring is 1. The van der Waals surface area contributed by atoms with Crippen LogP contribution >= 0.6 is 0 Å². The van der Waals surface area contributed by atoms with Gasteiger partial charge in [-0.25, -0.2) is 0 Å². The second-order valence-electron chi connectivity index (χ2n) is 3.36. The van der Waals surface area contributed by atoms with Gasteiger partial charge < -0.3 is 25.6 Å². The lowest BCUT2D eigenvalue weighted by Crippen LogP contribution is -2.30. The summed E-state index contributed by atoms with van der Waals surface area (Å²) in [5, 5.41) is 17.9. The Labute approximate surface area is 95.1 Å². The second kappa shape index (κ2) is 6.19. The van der Waals surface area contributed by atoms with Crippen LogP contribution in [0.3, 0.4) is 0 Å². The molecule has 0 heterocycles. The van der Waals surface area contributed by atoms with Gasteiger partial charge in [-0.3, -0.25) is 0 Å². The molecule has 0 amide bonds. The molecule has 0 aliphatic carbocycles. The van der Waals surface area contributed by atoms with Crippen LogP contribution in [-0.4, -0.2) is 43.6 Å². The molecule has 0 atom stereocenters. The summed E-state index contributed by atoms with van der Waals surface area (Å²) in [6.07, 6.45) is 0. The van der Waals surface area contributed by atoms with Gasteiger partial charge in [0, 0.05) is 19.2 Å². The van der Waals surface area contributed by atoms with E-state index in [2.05, 4.69) is 0 Å². The Balaban J connectivity index is 2.90. The van der Waals surface area contributed by atoms with Crippen molar-refractivity contribution >= 4 is 11.4 Å². The molecular formula is C11H18N2O3. The molecule has 0 spiro atoms. The molecule has 0 fully saturated rings. The first-order chi connectivity index (χ1) is 7.72. The zero-order chi connectivity index (χ0) is 12.0. The summed E-state index contributed by atoms with van der Waals surface area (Å²) in [4.78, 5) is 1.83. The monoisotopic (exact) mass is 226 g/mol. The average molecular weight is 226 g/mol. The molecule has 1 aromatic rings. The topological polar surface area (TPSA) is 79.0 Å². The van der Waals surface area contributed by atoms with Crippen LogP contribution in [0.15, 0.2) is 18.2 Å². The van der Waals surface area contributed by atoms with Crippen LogP contribution in [0.25, 0.3) is 0 Å². The maximum Gasteiger partial charge on any atom is 0.121 e. The Hall–Kier alpha value is -1.46. The zero-order valence-electron chi connectivity index (χ0n) is 9.39. The standard InChI is InChI=1S/C11H18N2O3/c1-16-9-2-3-11(10(12)8-9)13(4-6-14)5-7-15/h2-3,8,14-15H,4-7,12H2,1H3. The molecule has 0 aliphatic heterocycles. The van der Waals surface area contributed by atoms with E-state index in [9.17, 15) is 0 Å². The Morgan fingerprint density at radius 3 is 2.31 bits per heavy atom. The van der Waals surface area contributed by atoms with Crippen LogP contribution in [0.2, 0.25) is 0 Å². The van der Waals surface area contributed by atoms with Gasteiger partial charge in [-0.1, -0.05) is 0 Å². The Kier molecular flexibility index (Phi) is 4.88.